The van der Waals surface area contributed by atoms with Gasteiger partial charge in [-0.25, -0.2) is 0 Å². The van der Waals surface area contributed by atoms with Crippen molar-refractivity contribution >= 4 is 11.8 Å². The molecule has 0 aromatic heterocycles. The molecule has 132 valence electrons. The fourth-order valence-electron chi connectivity index (χ4n) is 3.29. The van der Waals surface area contributed by atoms with Gasteiger partial charge in [-0.1, -0.05) is 56.5 Å². The molecular weight excluding hydrogens is 300 g/mol. The van der Waals surface area contributed by atoms with Crippen molar-refractivity contribution in [1.29, 1.82) is 0 Å². The molecule has 1 aromatic carbocycles. The van der Waals surface area contributed by atoms with E-state index in [1.165, 1.54) is 19.3 Å². The number of nitrogens with zero attached hydrogens (tertiary/aromatic N) is 1. The molecule has 0 unspecified atom stereocenters. The fraction of sp³-hybridized carbons (Fsp3) is 0.600. The quantitative estimate of drug-likeness (QED) is 0.829. The normalized spacial score (nSPS) is 16.4. The van der Waals surface area contributed by atoms with Gasteiger partial charge >= 0.3 is 0 Å². The largest absolute Gasteiger partial charge is 0.352 e. The van der Waals surface area contributed by atoms with E-state index in [0.717, 1.165) is 24.8 Å². The SMILES string of the molecule is CCCC(=O)N(Cc1ccccc1)[C@H](C)C(=O)NC1CCCCC1. The molecule has 0 heterocycles. The molecule has 4 nitrogen and oxygen atoms in total. The Kier molecular flexibility index (Phi) is 7.29. The zero-order chi connectivity index (χ0) is 17.4. The maximum atomic E-state index is 12.6. The van der Waals surface area contributed by atoms with Gasteiger partial charge in [0.1, 0.15) is 6.04 Å². The second-order valence-corrected chi connectivity index (χ2v) is 6.78. The van der Waals surface area contributed by atoms with Gasteiger partial charge in [-0.15, -0.1) is 0 Å². The van der Waals surface area contributed by atoms with Crippen molar-refractivity contribution in [2.75, 3.05) is 0 Å². The molecule has 1 fully saturated rings. The van der Waals surface area contributed by atoms with Gasteiger partial charge in [0.25, 0.3) is 0 Å². The molecule has 0 bridgehead atoms. The van der Waals surface area contributed by atoms with Crippen LogP contribution in [0.4, 0.5) is 0 Å². The van der Waals surface area contributed by atoms with Gasteiger partial charge in [-0.3, -0.25) is 9.59 Å². The highest BCUT2D eigenvalue weighted by Crippen LogP contribution is 2.18. The van der Waals surface area contributed by atoms with Gasteiger partial charge < -0.3 is 10.2 Å². The zero-order valence-electron chi connectivity index (χ0n) is 15.0. The van der Waals surface area contributed by atoms with Gasteiger partial charge in [0.15, 0.2) is 0 Å². The minimum absolute atomic E-state index is 0.0257. The van der Waals surface area contributed by atoms with Crippen LogP contribution in [0.5, 0.6) is 0 Å². The van der Waals surface area contributed by atoms with Crippen LogP contribution < -0.4 is 5.32 Å². The molecule has 0 spiro atoms. The van der Waals surface area contributed by atoms with Gasteiger partial charge in [0.05, 0.1) is 0 Å². The third-order valence-corrected chi connectivity index (χ3v) is 4.78. The summed E-state index contributed by atoms with van der Waals surface area (Å²) in [5.74, 6) is 0.0231. The molecule has 24 heavy (non-hydrogen) atoms. The molecule has 2 rings (SSSR count). The first-order valence-corrected chi connectivity index (χ1v) is 9.25. The Morgan fingerprint density at radius 1 is 1.17 bits per heavy atom. The fourth-order valence-corrected chi connectivity index (χ4v) is 3.29. The summed E-state index contributed by atoms with van der Waals surface area (Å²) in [7, 11) is 0. The molecule has 1 atom stereocenters. The maximum Gasteiger partial charge on any atom is 0.242 e. The summed E-state index contributed by atoms with van der Waals surface area (Å²) in [4.78, 5) is 26.9. The third-order valence-electron chi connectivity index (χ3n) is 4.78. The van der Waals surface area contributed by atoms with Crippen molar-refractivity contribution in [3.8, 4) is 0 Å². The first-order chi connectivity index (χ1) is 11.6. The maximum absolute atomic E-state index is 12.6. The average Bonchev–Trinajstić information content (AvgIpc) is 2.61. The second-order valence-electron chi connectivity index (χ2n) is 6.78. The van der Waals surface area contributed by atoms with E-state index < -0.39 is 6.04 Å². The Morgan fingerprint density at radius 2 is 1.83 bits per heavy atom. The highest BCUT2D eigenvalue weighted by molar-refractivity contribution is 5.87. The summed E-state index contributed by atoms with van der Waals surface area (Å²) in [6.45, 7) is 4.32. The molecule has 1 aliphatic rings. The van der Waals surface area contributed by atoms with Crippen molar-refractivity contribution in [3.63, 3.8) is 0 Å². The van der Waals surface area contributed by atoms with E-state index in [-0.39, 0.29) is 17.9 Å². The minimum atomic E-state index is -0.439. The topological polar surface area (TPSA) is 49.4 Å². The minimum Gasteiger partial charge on any atom is -0.352 e. The van der Waals surface area contributed by atoms with Gasteiger partial charge in [-0.05, 0) is 31.7 Å². The average molecular weight is 330 g/mol. The Morgan fingerprint density at radius 3 is 2.46 bits per heavy atom. The van der Waals surface area contributed by atoms with Crippen LogP contribution in [0.1, 0.15) is 64.4 Å². The number of amides is 2. The van der Waals surface area contributed by atoms with Crippen LogP contribution in [0.25, 0.3) is 0 Å². The van der Waals surface area contributed by atoms with Crippen LogP contribution in [0.3, 0.4) is 0 Å². The van der Waals surface area contributed by atoms with Crippen LogP contribution >= 0.6 is 0 Å². The molecule has 1 N–H and O–H groups in total. The number of carbonyl (C=O) groups excluding carboxylic acids is 2. The summed E-state index contributed by atoms with van der Waals surface area (Å²) in [6.07, 6.45) is 7.01. The molecule has 0 radical (unpaired) electrons. The van der Waals surface area contributed by atoms with Crippen molar-refractivity contribution in [2.24, 2.45) is 0 Å². The Balaban J connectivity index is 2.03. The summed E-state index contributed by atoms with van der Waals surface area (Å²) in [5, 5.41) is 3.15. The van der Waals surface area contributed by atoms with Crippen LogP contribution in [-0.4, -0.2) is 28.8 Å². The van der Waals surface area contributed by atoms with Crippen LogP contribution in [0, 0.1) is 0 Å². The summed E-state index contributed by atoms with van der Waals surface area (Å²) in [6, 6.07) is 9.71. The lowest BCUT2D eigenvalue weighted by molar-refractivity contribution is -0.141. The van der Waals surface area contributed by atoms with E-state index in [4.69, 9.17) is 0 Å². The molecule has 0 aliphatic heterocycles. The van der Waals surface area contributed by atoms with E-state index in [9.17, 15) is 9.59 Å². The number of benzene rings is 1. The summed E-state index contributed by atoms with van der Waals surface area (Å²) < 4.78 is 0. The zero-order valence-corrected chi connectivity index (χ0v) is 15.0. The van der Waals surface area contributed by atoms with Gasteiger partial charge in [0.2, 0.25) is 11.8 Å². The summed E-state index contributed by atoms with van der Waals surface area (Å²) in [5.41, 5.74) is 1.05. The molecule has 1 aliphatic carbocycles. The lowest BCUT2D eigenvalue weighted by atomic mass is 9.95. The second kappa shape index (κ2) is 9.45. The highest BCUT2D eigenvalue weighted by Gasteiger charge is 2.27. The lowest BCUT2D eigenvalue weighted by Crippen LogP contribution is -2.50. The molecular formula is C20H30N2O2. The molecule has 1 aromatic rings. The molecule has 0 saturated heterocycles. The lowest BCUT2D eigenvalue weighted by Gasteiger charge is -2.31. The van der Waals surface area contributed by atoms with Crippen LogP contribution in [0.15, 0.2) is 30.3 Å². The number of hydrogen-bond acceptors (Lipinski definition) is 2. The number of nitrogens with one attached hydrogen (secondary N) is 1. The van der Waals surface area contributed by atoms with Crippen molar-refractivity contribution in [1.82, 2.24) is 10.2 Å². The van der Waals surface area contributed by atoms with Crippen LogP contribution in [0.2, 0.25) is 0 Å². The van der Waals surface area contributed by atoms with Gasteiger partial charge in [-0.2, -0.15) is 0 Å². The Hall–Kier alpha value is -1.84. The standard InChI is InChI=1S/C20H30N2O2/c1-3-10-19(23)22(15-17-11-6-4-7-12-17)16(2)20(24)21-18-13-8-5-9-14-18/h4,6-7,11-12,16,18H,3,5,8-10,13-15H2,1-2H3,(H,21,24)/t16-/m1/s1. The van der Waals surface area contributed by atoms with E-state index >= 15 is 0 Å². The van der Waals surface area contributed by atoms with E-state index in [2.05, 4.69) is 5.32 Å². The highest BCUT2D eigenvalue weighted by atomic mass is 16.2. The van der Waals surface area contributed by atoms with E-state index in [1.54, 1.807) is 4.90 Å². The van der Waals surface area contributed by atoms with E-state index in [1.807, 2.05) is 44.2 Å². The third kappa shape index (κ3) is 5.36. The smallest absolute Gasteiger partial charge is 0.242 e. The van der Waals surface area contributed by atoms with E-state index in [0.29, 0.717) is 13.0 Å². The molecule has 1 saturated carbocycles. The van der Waals surface area contributed by atoms with Crippen LogP contribution in [-0.2, 0) is 16.1 Å². The predicted octanol–water partition coefficient (Wildman–Crippen LogP) is 3.65. The monoisotopic (exact) mass is 330 g/mol. The first-order valence-electron chi connectivity index (χ1n) is 9.25. The van der Waals surface area contributed by atoms with Crippen molar-refractivity contribution in [3.05, 3.63) is 35.9 Å². The molecule has 2 amide bonds. The Labute approximate surface area is 145 Å². The van der Waals surface area contributed by atoms with Crippen molar-refractivity contribution < 1.29 is 9.59 Å². The number of hydrogen-bond donors (Lipinski definition) is 1. The van der Waals surface area contributed by atoms with Crippen molar-refractivity contribution in [2.45, 2.75) is 77.4 Å². The predicted molar refractivity (Wildman–Crippen MR) is 96.4 cm³/mol. The Bertz CT molecular complexity index is 524. The molecule has 4 heteroatoms. The number of carbonyl (C=O) groups is 2. The first kappa shape index (κ1) is 18.5. The van der Waals surface area contributed by atoms with Gasteiger partial charge in [0, 0.05) is 19.0 Å². The summed E-state index contributed by atoms with van der Waals surface area (Å²) >= 11 is 0. The number of rotatable bonds is 7.